The number of aromatic nitrogens is 8. The van der Waals surface area contributed by atoms with E-state index >= 15 is 4.79 Å². The van der Waals surface area contributed by atoms with E-state index in [9.17, 15) is 0 Å². The van der Waals surface area contributed by atoms with Crippen LogP contribution >= 0.6 is 0 Å². The number of unbranched alkanes of at least 4 members (excludes halogenated alkanes) is 6. The molecule has 0 radical (unpaired) electrons. The molecule has 16 nitrogen and oxygen atoms in total. The molecule has 17 rings (SSSR count). The maximum atomic E-state index is 17.7. The molecule has 3 aromatic heterocycles. The van der Waals surface area contributed by atoms with Crippen molar-refractivity contribution < 1.29 is 38.0 Å². The number of Topliss-reactive ketones (excluding diaryl/α,β-unsaturated/α-hetero) is 1. The smallest absolute Gasteiger partial charge is 0.164 e. The monoisotopic (exact) mass is 1730 g/mol. The number of carbonyl (C=O) groups excluding carboxylic acids is 1. The van der Waals surface area contributed by atoms with E-state index in [4.69, 9.17) is 63.1 Å². The van der Waals surface area contributed by atoms with E-state index in [1.54, 1.807) is 0 Å². The lowest BCUT2D eigenvalue weighted by atomic mass is 9.54. The van der Waals surface area contributed by atoms with Gasteiger partial charge in [0.1, 0.15) is 22.6 Å². The summed E-state index contributed by atoms with van der Waals surface area (Å²) in [6.45, 7) is 30.3. The fourth-order valence-corrected chi connectivity index (χ4v) is 21.8. The molecular formula is C113H136N8O8. The lowest BCUT2D eigenvalue weighted by Gasteiger charge is -2.45. The van der Waals surface area contributed by atoms with Crippen LogP contribution in [0, 0.1) is 47.3 Å². The summed E-state index contributed by atoms with van der Waals surface area (Å²) < 4.78 is 51.0. The van der Waals surface area contributed by atoms with Crippen molar-refractivity contribution in [2.75, 3.05) is 39.6 Å². The number of carbonyl (C=O) groups is 1. The highest BCUT2D eigenvalue weighted by atomic mass is 16.5. The third kappa shape index (κ3) is 17.4. The number of rotatable bonds is 46. The molecule has 8 aromatic carbocycles. The zero-order valence-electron chi connectivity index (χ0n) is 78.6. The van der Waals surface area contributed by atoms with Crippen LogP contribution in [0.3, 0.4) is 0 Å². The number of nitrogens with one attached hydrogen (secondary N) is 2. The van der Waals surface area contributed by atoms with Crippen molar-refractivity contribution in [2.24, 2.45) is 47.3 Å². The molecule has 4 aliphatic heterocycles. The first-order valence-corrected chi connectivity index (χ1v) is 49.8. The second kappa shape index (κ2) is 40.8. The Balaban J connectivity index is 0.965. The fourth-order valence-electron chi connectivity index (χ4n) is 21.8. The Hall–Kier alpha value is -10.7. The Morgan fingerprint density at radius 1 is 0.310 bits per heavy atom. The zero-order chi connectivity index (χ0) is 89.3. The van der Waals surface area contributed by atoms with Gasteiger partial charge in [0.2, 0.25) is 0 Å². The molecule has 1 saturated heterocycles. The predicted molar refractivity (Wildman–Crippen MR) is 523 cm³/mol. The van der Waals surface area contributed by atoms with Crippen molar-refractivity contribution in [1.82, 2.24) is 39.9 Å². The number of allylic oxidation sites excluding steroid dienone is 2. The molecule has 12 bridgehead atoms. The van der Waals surface area contributed by atoms with Crippen molar-refractivity contribution in [3.63, 3.8) is 0 Å². The number of hydrogen-bond acceptors (Lipinski definition) is 14. The van der Waals surface area contributed by atoms with Gasteiger partial charge in [-0.15, -0.1) is 0 Å². The van der Waals surface area contributed by atoms with Gasteiger partial charge in [-0.05, 0) is 167 Å². The fraction of sp³-hybridized carbons (Fsp3) is 0.478. The summed E-state index contributed by atoms with van der Waals surface area (Å²) >= 11 is 0. The Bertz CT molecular complexity index is 5600. The average Bonchev–Trinajstić information content (AvgIpc) is 1.45. The molecule has 11 aromatic rings. The Morgan fingerprint density at radius 2 is 0.550 bits per heavy atom. The zero-order valence-corrected chi connectivity index (χ0v) is 78.6. The summed E-state index contributed by atoms with van der Waals surface area (Å²) in [4.78, 5) is 60.5. The van der Waals surface area contributed by atoms with Gasteiger partial charge >= 0.3 is 0 Å². The third-order valence-electron chi connectivity index (χ3n) is 29.6. The van der Waals surface area contributed by atoms with E-state index in [1.807, 2.05) is 0 Å². The van der Waals surface area contributed by atoms with E-state index in [-0.39, 0.29) is 17.6 Å². The maximum absolute atomic E-state index is 17.7. The van der Waals surface area contributed by atoms with Crippen molar-refractivity contribution in [3.05, 3.63) is 203 Å². The van der Waals surface area contributed by atoms with Crippen molar-refractivity contribution in [3.8, 4) is 80.0 Å². The van der Waals surface area contributed by atoms with Gasteiger partial charge in [0, 0.05) is 55.6 Å². The SMILES string of the molecule is CCCCC(CC)COc1cc2c(cc1OCC(CC)CCCC)-c1nc-2nc2[nH]c(nc3nc(nc4[nH]c(n1)c1cc5c(cc41)C1OC5C4C1C1(c5ccccc5)C(=O)C4(c4ccccc4)C(c4ccccc4)=C1c1ccccc1)-c1cc(OCC(CC)CCCC)c(OCC(CC)CCCC)cc1-3)c1cc(OCC(CC)CCCC)c(OCC(CC)CCCC)cc21. The van der Waals surface area contributed by atoms with Gasteiger partial charge < -0.3 is 43.1 Å². The van der Waals surface area contributed by atoms with Gasteiger partial charge in [0.15, 0.2) is 63.6 Å². The molecule has 0 spiro atoms. The van der Waals surface area contributed by atoms with Crippen LogP contribution in [0.5, 0.6) is 34.5 Å². The highest BCUT2D eigenvalue weighted by Crippen LogP contribution is 2.81. The molecule has 129 heavy (non-hydrogen) atoms. The summed E-state index contributed by atoms with van der Waals surface area (Å²) in [7, 11) is 0. The van der Waals surface area contributed by atoms with E-state index in [2.05, 4.69) is 263 Å². The maximum Gasteiger partial charge on any atom is 0.164 e. The molecule has 16 heteroatoms. The molecular weight excluding hydrogens is 1600 g/mol. The first-order valence-electron chi connectivity index (χ1n) is 49.8. The highest BCUT2D eigenvalue weighted by molar-refractivity contribution is 6.30. The topological polar surface area (TPSA) is 191 Å². The summed E-state index contributed by atoms with van der Waals surface area (Å²) in [5, 5.41) is 3.14. The molecule has 6 aliphatic rings. The van der Waals surface area contributed by atoms with Gasteiger partial charge in [-0.25, -0.2) is 29.9 Å². The number of nitrogens with zero attached hydrogens (tertiary/aromatic N) is 6. The summed E-state index contributed by atoms with van der Waals surface area (Å²) in [5.41, 5.74) is 10.7. The van der Waals surface area contributed by atoms with E-state index < -0.39 is 23.0 Å². The quantitative estimate of drug-likeness (QED) is 0.0366. The predicted octanol–water partition coefficient (Wildman–Crippen LogP) is 28.9. The molecule has 2 fully saturated rings. The molecule has 7 heterocycles. The summed E-state index contributed by atoms with van der Waals surface area (Å²) in [6.07, 6.45) is 24.4. The minimum Gasteiger partial charge on any atom is -0.489 e. The van der Waals surface area contributed by atoms with Crippen LogP contribution < -0.4 is 28.4 Å². The number of ether oxygens (including phenoxy) is 7. The number of benzene rings is 8. The lowest BCUT2D eigenvalue weighted by Crippen LogP contribution is -2.42. The molecule has 0 amide bonds. The first kappa shape index (κ1) is 90.2. The lowest BCUT2D eigenvalue weighted by molar-refractivity contribution is -0.125. The number of hydrogen-bond donors (Lipinski definition) is 2. The van der Waals surface area contributed by atoms with Gasteiger partial charge in [-0.2, -0.15) is 0 Å². The standard InChI is InChI=1S/C113H136N8O8/c1-13-25-43-71(19-7)65-123-91-59-85-87(61-93(91)125-67-73(21-9)45-27-15-3)107-117-105(85)115-103-83-57-81-82(102-100-99(101(81)129-102)112(79-53-39-33-40-54-79)97(77-49-35-31-36-50-77)98(78-51-37-32-38-52-78)113(100,111(112)122)80-55-41-34-42-56-80)58-84(83)104(114-103)116-106-86-60-92(124-66-72(20-8)44-26-14-2)94(126-68-74(22-10)46-28-16-4)62-88(86)108(118-106)120-110-90-64-96(128-70-76(24-12)48-30-18-6)95(63-89(90)109(119-107)121-110)127-69-75(23-11)47-29-17-5/h31-42,49-64,71-76,99-102H,13-30,43-48,65-70H2,1-12H3,(H2,114,115,116,117,118,119,120,121). The second-order valence-electron chi connectivity index (χ2n) is 37.7. The Labute approximate surface area is 764 Å². The minimum absolute atomic E-state index is 0.176. The van der Waals surface area contributed by atoms with E-state index in [0.717, 1.165) is 242 Å². The average molecular weight is 1730 g/mol. The molecule has 2 aliphatic carbocycles. The number of aromatic amines is 2. The normalized spacial score (nSPS) is 19.5. The van der Waals surface area contributed by atoms with Crippen LogP contribution in [0.4, 0.5) is 0 Å². The highest BCUT2D eigenvalue weighted by Gasteiger charge is 2.82. The van der Waals surface area contributed by atoms with E-state index in [1.165, 1.54) is 0 Å². The van der Waals surface area contributed by atoms with Crippen LogP contribution in [0.2, 0.25) is 0 Å². The van der Waals surface area contributed by atoms with Crippen molar-refractivity contribution >= 4 is 61.1 Å². The molecule has 676 valence electrons. The van der Waals surface area contributed by atoms with Gasteiger partial charge in [0.25, 0.3) is 0 Å². The van der Waals surface area contributed by atoms with Gasteiger partial charge in [-0.3, -0.25) is 4.79 Å². The van der Waals surface area contributed by atoms with Crippen LogP contribution in [-0.2, 0) is 20.4 Å². The van der Waals surface area contributed by atoms with Crippen LogP contribution in [-0.4, -0.2) is 85.3 Å². The molecule has 12 unspecified atom stereocenters. The van der Waals surface area contributed by atoms with Gasteiger partial charge in [0.05, 0.1) is 62.7 Å². The summed E-state index contributed by atoms with van der Waals surface area (Å²) in [5.74, 6) is 7.00. The summed E-state index contributed by atoms with van der Waals surface area (Å²) in [6, 6.07) is 59.9. The van der Waals surface area contributed by atoms with Crippen molar-refractivity contribution in [1.29, 1.82) is 0 Å². The number of ketones is 1. The molecule has 1 saturated carbocycles. The first-order chi connectivity index (χ1) is 63.3. The van der Waals surface area contributed by atoms with Crippen LogP contribution in [0.15, 0.2) is 170 Å². The molecule has 12 atom stereocenters. The number of fused-ring (bicyclic) bond motifs is 32. The largest absolute Gasteiger partial charge is 0.489 e. The van der Waals surface area contributed by atoms with Crippen molar-refractivity contribution in [2.45, 2.75) is 260 Å². The van der Waals surface area contributed by atoms with Crippen LogP contribution in [0.25, 0.3) is 101 Å². The Morgan fingerprint density at radius 3 is 0.798 bits per heavy atom. The van der Waals surface area contributed by atoms with Gasteiger partial charge in [-0.1, -0.05) is 320 Å². The van der Waals surface area contributed by atoms with Crippen LogP contribution in [0.1, 0.15) is 283 Å². The van der Waals surface area contributed by atoms with E-state index in [0.29, 0.717) is 156 Å². The molecule has 2 N–H and O–H groups in total. The Kier molecular flexibility index (Phi) is 28.5. The third-order valence-corrected chi connectivity index (χ3v) is 29.6. The number of H-pyrrole nitrogens is 2. The second-order valence-corrected chi connectivity index (χ2v) is 37.7. The minimum atomic E-state index is -1.18.